The molecule has 0 fully saturated rings. The van der Waals surface area contributed by atoms with Gasteiger partial charge in [-0.1, -0.05) is 0 Å². The maximum Gasteiger partial charge on any atom is 0.212 e. The lowest BCUT2D eigenvalue weighted by atomic mass is 10.3. The lowest BCUT2D eigenvalue weighted by Crippen LogP contribution is -2.30. The summed E-state index contributed by atoms with van der Waals surface area (Å²) in [5, 5.41) is 2.91. The first-order valence-corrected chi connectivity index (χ1v) is 6.88. The second-order valence-electron chi connectivity index (χ2n) is 3.63. The van der Waals surface area contributed by atoms with Gasteiger partial charge in [0.05, 0.1) is 18.1 Å². The fraction of sp³-hybridized carbons (Fsp3) is 0.600. The van der Waals surface area contributed by atoms with E-state index in [9.17, 15) is 8.42 Å². The molecule has 1 atom stereocenters. The summed E-state index contributed by atoms with van der Waals surface area (Å²) in [5.41, 5.74) is 0. The van der Waals surface area contributed by atoms with Gasteiger partial charge in [-0.15, -0.1) is 0 Å². The SMILES string of the molecule is CNCCCS(=O)(=O)NC(C)c1ccco1. The zero-order valence-electron chi connectivity index (χ0n) is 9.56. The largest absolute Gasteiger partial charge is 0.468 e. The molecule has 0 amide bonds. The van der Waals surface area contributed by atoms with Gasteiger partial charge in [-0.2, -0.15) is 0 Å². The number of sulfonamides is 1. The van der Waals surface area contributed by atoms with Crippen LogP contribution in [0.1, 0.15) is 25.1 Å². The van der Waals surface area contributed by atoms with E-state index >= 15 is 0 Å². The highest BCUT2D eigenvalue weighted by molar-refractivity contribution is 7.89. The minimum atomic E-state index is -3.23. The van der Waals surface area contributed by atoms with Crippen molar-refractivity contribution in [2.24, 2.45) is 0 Å². The Hall–Kier alpha value is -0.850. The third kappa shape index (κ3) is 4.34. The monoisotopic (exact) mass is 246 g/mol. The Balaban J connectivity index is 2.46. The first-order chi connectivity index (χ1) is 7.55. The van der Waals surface area contributed by atoms with E-state index in [0.29, 0.717) is 18.7 Å². The molecule has 1 unspecified atom stereocenters. The summed E-state index contributed by atoms with van der Waals surface area (Å²) in [5.74, 6) is 0.746. The molecule has 5 nitrogen and oxygen atoms in total. The van der Waals surface area contributed by atoms with Gasteiger partial charge in [-0.3, -0.25) is 0 Å². The van der Waals surface area contributed by atoms with E-state index in [1.165, 1.54) is 6.26 Å². The number of nitrogens with one attached hydrogen (secondary N) is 2. The molecule has 2 N–H and O–H groups in total. The fourth-order valence-corrected chi connectivity index (χ4v) is 2.66. The van der Waals surface area contributed by atoms with Crippen molar-refractivity contribution < 1.29 is 12.8 Å². The Morgan fingerprint density at radius 3 is 2.81 bits per heavy atom. The summed E-state index contributed by atoms with van der Waals surface area (Å²) in [6, 6.07) is 3.16. The van der Waals surface area contributed by atoms with Crippen LogP contribution in [0.25, 0.3) is 0 Å². The third-order valence-electron chi connectivity index (χ3n) is 2.17. The van der Waals surface area contributed by atoms with Crippen LogP contribution >= 0.6 is 0 Å². The Labute approximate surface area is 96.3 Å². The van der Waals surface area contributed by atoms with Crippen LogP contribution < -0.4 is 10.0 Å². The fourth-order valence-electron chi connectivity index (χ4n) is 1.36. The zero-order chi connectivity index (χ0) is 12.0. The predicted octanol–water partition coefficient (Wildman–Crippen LogP) is 0.869. The Morgan fingerprint density at radius 2 is 2.25 bits per heavy atom. The first kappa shape index (κ1) is 13.2. The van der Waals surface area contributed by atoms with Crippen LogP contribution in [-0.4, -0.2) is 27.8 Å². The van der Waals surface area contributed by atoms with Gasteiger partial charge in [-0.05, 0) is 39.1 Å². The van der Waals surface area contributed by atoms with Crippen molar-refractivity contribution in [3.05, 3.63) is 24.2 Å². The van der Waals surface area contributed by atoms with E-state index in [-0.39, 0.29) is 11.8 Å². The molecule has 0 radical (unpaired) electrons. The first-order valence-electron chi connectivity index (χ1n) is 5.23. The van der Waals surface area contributed by atoms with Gasteiger partial charge in [0, 0.05) is 0 Å². The molecule has 0 saturated heterocycles. The van der Waals surface area contributed by atoms with Crippen molar-refractivity contribution in [2.75, 3.05) is 19.3 Å². The van der Waals surface area contributed by atoms with Gasteiger partial charge in [0.15, 0.2) is 0 Å². The summed E-state index contributed by atoms with van der Waals surface area (Å²) in [4.78, 5) is 0. The molecule has 1 aromatic heterocycles. The van der Waals surface area contributed by atoms with Crippen LogP contribution in [0.15, 0.2) is 22.8 Å². The number of hydrogen-bond acceptors (Lipinski definition) is 4. The van der Waals surface area contributed by atoms with E-state index in [1.54, 1.807) is 26.1 Å². The molecule has 0 aliphatic carbocycles. The van der Waals surface area contributed by atoms with Crippen LogP contribution in [0, 0.1) is 0 Å². The van der Waals surface area contributed by atoms with Crippen molar-refractivity contribution in [3.63, 3.8) is 0 Å². The minimum absolute atomic E-state index is 0.124. The smallest absolute Gasteiger partial charge is 0.212 e. The maximum atomic E-state index is 11.6. The average molecular weight is 246 g/mol. The molecule has 0 aromatic carbocycles. The Morgan fingerprint density at radius 1 is 1.50 bits per heavy atom. The minimum Gasteiger partial charge on any atom is -0.468 e. The summed E-state index contributed by atoms with van der Waals surface area (Å²) >= 11 is 0. The Kier molecular flexibility index (Phi) is 4.98. The van der Waals surface area contributed by atoms with Crippen LogP contribution in [0.4, 0.5) is 0 Å². The molecule has 0 spiro atoms. The van der Waals surface area contributed by atoms with Crippen molar-refractivity contribution >= 4 is 10.0 Å². The summed E-state index contributed by atoms with van der Waals surface area (Å²) in [6.45, 7) is 2.45. The second-order valence-corrected chi connectivity index (χ2v) is 5.50. The van der Waals surface area contributed by atoms with Crippen LogP contribution in [0.2, 0.25) is 0 Å². The number of hydrogen-bond donors (Lipinski definition) is 2. The quantitative estimate of drug-likeness (QED) is 0.700. The van der Waals surface area contributed by atoms with Crippen molar-refractivity contribution in [2.45, 2.75) is 19.4 Å². The van der Waals surface area contributed by atoms with E-state index in [1.807, 2.05) is 0 Å². The number of rotatable bonds is 7. The number of furan rings is 1. The Bertz CT molecular complexity index is 386. The standard InChI is InChI=1S/C10H18N2O3S/c1-9(10-5-3-7-15-10)12-16(13,14)8-4-6-11-2/h3,5,7,9,11-12H,4,6,8H2,1-2H3. The van der Waals surface area contributed by atoms with E-state index in [2.05, 4.69) is 10.0 Å². The molecule has 0 aliphatic heterocycles. The molecule has 92 valence electrons. The molecule has 1 rings (SSSR count). The van der Waals surface area contributed by atoms with Gasteiger partial charge in [0.2, 0.25) is 10.0 Å². The van der Waals surface area contributed by atoms with Crippen molar-refractivity contribution in [3.8, 4) is 0 Å². The lowest BCUT2D eigenvalue weighted by molar-refractivity contribution is 0.459. The van der Waals surface area contributed by atoms with Crippen LogP contribution in [0.3, 0.4) is 0 Å². The molecule has 1 aromatic rings. The molecule has 0 aliphatic rings. The molecular formula is C10H18N2O3S. The average Bonchev–Trinajstić information content (AvgIpc) is 2.69. The van der Waals surface area contributed by atoms with Gasteiger partial charge in [0.25, 0.3) is 0 Å². The summed E-state index contributed by atoms with van der Waals surface area (Å²) in [6.07, 6.45) is 2.12. The highest BCUT2D eigenvalue weighted by Crippen LogP contribution is 2.13. The maximum absolute atomic E-state index is 11.6. The summed E-state index contributed by atoms with van der Waals surface area (Å²) < 4.78 is 31.0. The molecule has 16 heavy (non-hydrogen) atoms. The van der Waals surface area contributed by atoms with Crippen LogP contribution in [-0.2, 0) is 10.0 Å². The zero-order valence-corrected chi connectivity index (χ0v) is 10.4. The second kappa shape index (κ2) is 6.03. The predicted molar refractivity (Wildman–Crippen MR) is 62.6 cm³/mol. The molecule has 1 heterocycles. The van der Waals surface area contributed by atoms with Crippen LogP contribution in [0.5, 0.6) is 0 Å². The highest BCUT2D eigenvalue weighted by Gasteiger charge is 2.16. The van der Waals surface area contributed by atoms with Gasteiger partial charge in [0.1, 0.15) is 5.76 Å². The van der Waals surface area contributed by atoms with E-state index in [0.717, 1.165) is 0 Å². The highest BCUT2D eigenvalue weighted by atomic mass is 32.2. The van der Waals surface area contributed by atoms with Gasteiger partial charge in [-0.25, -0.2) is 13.1 Å². The molecule has 0 saturated carbocycles. The molecule has 6 heteroatoms. The molecule has 0 bridgehead atoms. The van der Waals surface area contributed by atoms with E-state index < -0.39 is 10.0 Å². The lowest BCUT2D eigenvalue weighted by Gasteiger charge is -2.11. The topological polar surface area (TPSA) is 71.3 Å². The summed E-state index contributed by atoms with van der Waals surface area (Å²) in [7, 11) is -1.43. The normalized spacial score (nSPS) is 13.9. The van der Waals surface area contributed by atoms with E-state index in [4.69, 9.17) is 4.42 Å². The van der Waals surface area contributed by atoms with Gasteiger partial charge < -0.3 is 9.73 Å². The third-order valence-corrected chi connectivity index (χ3v) is 3.70. The van der Waals surface area contributed by atoms with Gasteiger partial charge >= 0.3 is 0 Å². The molecular weight excluding hydrogens is 228 g/mol. The van der Waals surface area contributed by atoms with Crippen molar-refractivity contribution in [1.29, 1.82) is 0 Å². The van der Waals surface area contributed by atoms with Crippen molar-refractivity contribution in [1.82, 2.24) is 10.0 Å².